The van der Waals surface area contributed by atoms with Crippen LogP contribution in [0.1, 0.15) is 54.9 Å². The molecule has 0 atom stereocenters. The van der Waals surface area contributed by atoms with Gasteiger partial charge in [-0.25, -0.2) is 4.79 Å². The topological polar surface area (TPSA) is 52.3 Å². The van der Waals surface area contributed by atoms with E-state index in [-0.39, 0.29) is 12.1 Å². The van der Waals surface area contributed by atoms with Gasteiger partial charge in [-0.05, 0) is 62.3 Å². The van der Waals surface area contributed by atoms with Crippen LogP contribution in [-0.2, 0) is 4.74 Å². The smallest absolute Gasteiger partial charge is 0.338 e. The molecule has 19 heavy (non-hydrogen) atoms. The Balaban J connectivity index is 1.94. The van der Waals surface area contributed by atoms with Crippen LogP contribution in [0.2, 0.25) is 0 Å². The fraction of sp³-hybridized carbons (Fsp3) is 0.562. The predicted octanol–water partition coefficient (Wildman–Crippen LogP) is 3.70. The number of ether oxygens (including phenoxy) is 1. The molecule has 2 rings (SSSR count). The van der Waals surface area contributed by atoms with Gasteiger partial charge in [0.05, 0.1) is 5.56 Å². The number of benzene rings is 1. The molecule has 0 saturated heterocycles. The molecule has 1 aliphatic rings. The summed E-state index contributed by atoms with van der Waals surface area (Å²) in [6.45, 7) is 4.16. The molecule has 1 aliphatic carbocycles. The van der Waals surface area contributed by atoms with Gasteiger partial charge in [0, 0.05) is 5.69 Å². The fourth-order valence-corrected chi connectivity index (χ4v) is 2.81. The van der Waals surface area contributed by atoms with Gasteiger partial charge in [0.15, 0.2) is 0 Å². The minimum Gasteiger partial charge on any atom is -0.459 e. The van der Waals surface area contributed by atoms with Crippen LogP contribution in [0.5, 0.6) is 0 Å². The van der Waals surface area contributed by atoms with E-state index >= 15 is 0 Å². The summed E-state index contributed by atoms with van der Waals surface area (Å²) < 4.78 is 5.59. The molecule has 2 N–H and O–H groups in total. The van der Waals surface area contributed by atoms with E-state index in [4.69, 9.17) is 10.5 Å². The van der Waals surface area contributed by atoms with Gasteiger partial charge in [-0.15, -0.1) is 0 Å². The summed E-state index contributed by atoms with van der Waals surface area (Å²) in [5.41, 5.74) is 7.92. The second-order valence-corrected chi connectivity index (χ2v) is 5.59. The molecule has 0 radical (unpaired) electrons. The first-order valence-electron chi connectivity index (χ1n) is 7.16. The van der Waals surface area contributed by atoms with Crippen molar-refractivity contribution in [2.75, 3.05) is 5.73 Å². The molecule has 1 saturated carbocycles. The van der Waals surface area contributed by atoms with Crippen molar-refractivity contribution in [1.29, 1.82) is 0 Å². The number of carbonyl (C=O) groups excluding carboxylic acids is 1. The summed E-state index contributed by atoms with van der Waals surface area (Å²) in [6, 6.07) is 5.37. The van der Waals surface area contributed by atoms with Crippen LogP contribution in [0.15, 0.2) is 18.2 Å². The van der Waals surface area contributed by atoms with Gasteiger partial charge in [0.1, 0.15) is 6.10 Å². The molecule has 1 aromatic rings. The molecule has 3 heteroatoms. The van der Waals surface area contributed by atoms with Crippen molar-refractivity contribution in [3.05, 3.63) is 29.3 Å². The average Bonchev–Trinajstić information content (AvgIpc) is 2.38. The standard InChI is InChI=1S/C16H23NO2/c1-3-12-4-6-15(7-5-12)19-16(18)13-8-11(2)9-14(17)10-13/h8-10,12,15H,3-7,17H2,1-2H3. The number of aryl methyl sites for hydroxylation is 1. The number of hydrogen-bond donors (Lipinski definition) is 1. The normalized spacial score (nSPS) is 23.1. The number of nitrogen functional groups attached to an aromatic ring is 1. The number of hydrogen-bond acceptors (Lipinski definition) is 3. The van der Waals surface area contributed by atoms with E-state index in [0.29, 0.717) is 11.3 Å². The minimum absolute atomic E-state index is 0.0806. The first-order chi connectivity index (χ1) is 9.08. The fourth-order valence-electron chi connectivity index (χ4n) is 2.81. The Kier molecular flexibility index (Phi) is 4.46. The third-order valence-electron chi connectivity index (χ3n) is 3.98. The molecule has 1 aromatic carbocycles. The van der Waals surface area contributed by atoms with Crippen molar-refractivity contribution < 1.29 is 9.53 Å². The molecule has 1 fully saturated rings. The molecule has 0 bridgehead atoms. The second kappa shape index (κ2) is 6.09. The number of rotatable bonds is 3. The lowest BCUT2D eigenvalue weighted by Gasteiger charge is -2.27. The molecular weight excluding hydrogens is 238 g/mol. The highest BCUT2D eigenvalue weighted by Gasteiger charge is 2.23. The minimum atomic E-state index is -0.240. The SMILES string of the molecule is CCC1CCC(OC(=O)c2cc(C)cc(N)c2)CC1. The summed E-state index contributed by atoms with van der Waals surface area (Å²) in [6.07, 6.45) is 5.64. The van der Waals surface area contributed by atoms with Gasteiger partial charge in [0.2, 0.25) is 0 Å². The summed E-state index contributed by atoms with van der Waals surface area (Å²) in [7, 11) is 0. The molecule has 0 unspecified atom stereocenters. The van der Waals surface area contributed by atoms with Crippen LogP contribution < -0.4 is 5.73 Å². The molecule has 0 amide bonds. The van der Waals surface area contributed by atoms with Crippen LogP contribution >= 0.6 is 0 Å². The molecule has 0 aliphatic heterocycles. The quantitative estimate of drug-likeness (QED) is 0.666. The lowest BCUT2D eigenvalue weighted by Crippen LogP contribution is -2.24. The van der Waals surface area contributed by atoms with E-state index in [1.165, 1.54) is 19.3 Å². The first-order valence-corrected chi connectivity index (χ1v) is 7.16. The van der Waals surface area contributed by atoms with Gasteiger partial charge in [-0.2, -0.15) is 0 Å². The molecule has 0 heterocycles. The van der Waals surface area contributed by atoms with E-state index in [2.05, 4.69) is 6.92 Å². The van der Waals surface area contributed by atoms with Crippen molar-refractivity contribution >= 4 is 11.7 Å². The largest absolute Gasteiger partial charge is 0.459 e. The van der Waals surface area contributed by atoms with Crippen LogP contribution in [0.25, 0.3) is 0 Å². The van der Waals surface area contributed by atoms with Crippen LogP contribution in [0.4, 0.5) is 5.69 Å². The zero-order chi connectivity index (χ0) is 13.8. The summed E-state index contributed by atoms with van der Waals surface area (Å²) in [4.78, 5) is 12.1. The molecule has 0 aromatic heterocycles. The van der Waals surface area contributed by atoms with Crippen LogP contribution in [-0.4, -0.2) is 12.1 Å². The Morgan fingerprint density at radius 3 is 2.53 bits per heavy atom. The van der Waals surface area contributed by atoms with E-state index in [1.807, 2.05) is 19.1 Å². The highest BCUT2D eigenvalue weighted by atomic mass is 16.5. The maximum Gasteiger partial charge on any atom is 0.338 e. The third kappa shape index (κ3) is 3.72. The van der Waals surface area contributed by atoms with E-state index in [0.717, 1.165) is 24.3 Å². The van der Waals surface area contributed by atoms with Crippen LogP contribution in [0, 0.1) is 12.8 Å². The number of nitrogens with two attached hydrogens (primary N) is 1. The predicted molar refractivity (Wildman–Crippen MR) is 77.0 cm³/mol. The Morgan fingerprint density at radius 2 is 1.95 bits per heavy atom. The highest BCUT2D eigenvalue weighted by molar-refractivity contribution is 5.90. The number of carbonyl (C=O) groups is 1. The van der Waals surface area contributed by atoms with Gasteiger partial charge >= 0.3 is 5.97 Å². The maximum atomic E-state index is 12.1. The Bertz CT molecular complexity index is 428. The summed E-state index contributed by atoms with van der Waals surface area (Å²) in [5.74, 6) is 0.569. The zero-order valence-corrected chi connectivity index (χ0v) is 11.8. The van der Waals surface area contributed by atoms with Crippen molar-refractivity contribution in [2.24, 2.45) is 5.92 Å². The lowest BCUT2D eigenvalue weighted by atomic mass is 9.86. The molecule has 0 spiro atoms. The van der Waals surface area contributed by atoms with Gasteiger partial charge in [-0.1, -0.05) is 13.3 Å². The number of anilines is 1. The third-order valence-corrected chi connectivity index (χ3v) is 3.98. The van der Waals surface area contributed by atoms with Gasteiger partial charge in [-0.3, -0.25) is 0 Å². The molecular formula is C16H23NO2. The summed E-state index contributed by atoms with van der Waals surface area (Å²) >= 11 is 0. The van der Waals surface area contributed by atoms with Crippen molar-refractivity contribution in [1.82, 2.24) is 0 Å². The van der Waals surface area contributed by atoms with Crippen molar-refractivity contribution in [2.45, 2.75) is 52.1 Å². The monoisotopic (exact) mass is 261 g/mol. The van der Waals surface area contributed by atoms with E-state index < -0.39 is 0 Å². The number of esters is 1. The van der Waals surface area contributed by atoms with Crippen LogP contribution in [0.3, 0.4) is 0 Å². The second-order valence-electron chi connectivity index (χ2n) is 5.59. The lowest BCUT2D eigenvalue weighted by molar-refractivity contribution is 0.0164. The van der Waals surface area contributed by atoms with Crippen molar-refractivity contribution in [3.8, 4) is 0 Å². The van der Waals surface area contributed by atoms with E-state index in [9.17, 15) is 4.79 Å². The Morgan fingerprint density at radius 1 is 1.26 bits per heavy atom. The van der Waals surface area contributed by atoms with Crippen molar-refractivity contribution in [3.63, 3.8) is 0 Å². The average molecular weight is 261 g/mol. The van der Waals surface area contributed by atoms with E-state index in [1.54, 1.807) is 6.07 Å². The van der Waals surface area contributed by atoms with Gasteiger partial charge in [0.25, 0.3) is 0 Å². The van der Waals surface area contributed by atoms with Gasteiger partial charge < -0.3 is 10.5 Å². The maximum absolute atomic E-state index is 12.1. The molecule has 3 nitrogen and oxygen atoms in total. The Labute approximate surface area is 115 Å². The highest BCUT2D eigenvalue weighted by Crippen LogP contribution is 2.28. The summed E-state index contributed by atoms with van der Waals surface area (Å²) in [5, 5.41) is 0. The molecule has 104 valence electrons. The first kappa shape index (κ1) is 13.9. The Hall–Kier alpha value is -1.51. The zero-order valence-electron chi connectivity index (χ0n) is 11.8.